The first-order chi connectivity index (χ1) is 23.2. The number of carbonyl (C=O) groups excluding carboxylic acids is 4. The predicted octanol–water partition coefficient (Wildman–Crippen LogP) is 2.79. The van der Waals surface area contributed by atoms with Gasteiger partial charge < -0.3 is 26.0 Å². The topological polar surface area (TPSA) is 198 Å². The van der Waals surface area contributed by atoms with Crippen molar-refractivity contribution in [2.75, 3.05) is 11.9 Å². The number of rotatable bonds is 14. The smallest absolute Gasteiger partial charge is 0.408 e. The Bertz CT molecular complexity index is 1650. The van der Waals surface area contributed by atoms with E-state index in [1.807, 2.05) is 12.1 Å². The van der Waals surface area contributed by atoms with Gasteiger partial charge >= 0.3 is 6.09 Å². The van der Waals surface area contributed by atoms with E-state index in [2.05, 4.69) is 42.5 Å². The molecule has 3 aliphatic carbocycles. The lowest BCUT2D eigenvalue weighted by atomic mass is 9.86. The zero-order valence-electron chi connectivity index (χ0n) is 28.0. The molecule has 1 aromatic heterocycles. The number of nitrogens with zero attached hydrogens (tertiary/aromatic N) is 2. The van der Waals surface area contributed by atoms with Gasteiger partial charge in [0.05, 0.1) is 5.25 Å². The first-order valence-electron chi connectivity index (χ1n) is 16.6. The third kappa shape index (κ3) is 8.94. The zero-order chi connectivity index (χ0) is 35.4. The van der Waals surface area contributed by atoms with E-state index in [1.54, 1.807) is 45.3 Å². The first-order valence-corrected chi connectivity index (χ1v) is 18.1. The summed E-state index contributed by atoms with van der Waals surface area (Å²) in [6, 6.07) is 4.97. The molecule has 264 valence electrons. The van der Waals surface area contributed by atoms with Crippen molar-refractivity contribution in [2.45, 2.75) is 94.7 Å². The third-order valence-electron chi connectivity index (χ3n) is 9.14. The van der Waals surface area contributed by atoms with Crippen molar-refractivity contribution in [3.8, 4) is 11.1 Å². The van der Waals surface area contributed by atoms with Crippen LogP contribution in [0.3, 0.4) is 0 Å². The average molecular weight is 696 g/mol. The summed E-state index contributed by atoms with van der Waals surface area (Å²) in [7, 11) is -3.88. The van der Waals surface area contributed by atoms with Crippen molar-refractivity contribution in [3.05, 3.63) is 55.6 Å². The molecule has 1 heterocycles. The van der Waals surface area contributed by atoms with Crippen LogP contribution in [0.4, 0.5) is 10.5 Å². The second-order valence-corrected chi connectivity index (χ2v) is 16.0. The Kier molecular flexibility index (Phi) is 10.6. The quantitative estimate of drug-likeness (QED) is 0.183. The molecule has 0 unspecified atom stereocenters. The molecule has 4 atom stereocenters. The molecular weight excluding hydrogens is 650 g/mol. The van der Waals surface area contributed by atoms with Gasteiger partial charge in [-0.3, -0.25) is 19.1 Å². The minimum Gasteiger partial charge on any atom is -0.446 e. The van der Waals surface area contributed by atoms with E-state index in [9.17, 15) is 27.6 Å². The van der Waals surface area contributed by atoms with E-state index in [-0.39, 0.29) is 19.1 Å². The molecule has 0 saturated heterocycles. The van der Waals surface area contributed by atoms with Gasteiger partial charge in [0, 0.05) is 36.1 Å². The van der Waals surface area contributed by atoms with Crippen LogP contribution < -0.4 is 26.0 Å². The molecule has 1 aromatic carbocycles. The number of amides is 4. The Morgan fingerprint density at radius 2 is 1.63 bits per heavy atom. The maximum Gasteiger partial charge on any atom is 0.408 e. The minimum atomic E-state index is -3.88. The average Bonchev–Trinajstić information content (AvgIpc) is 3.98. The van der Waals surface area contributed by atoms with E-state index >= 15 is 0 Å². The number of sulfonamides is 1. The fourth-order valence-corrected chi connectivity index (χ4v) is 7.28. The van der Waals surface area contributed by atoms with Gasteiger partial charge in [-0.15, -0.1) is 6.58 Å². The number of alkyl carbamates (subject to hydrolysis) is 1. The van der Waals surface area contributed by atoms with Gasteiger partial charge in [0.1, 0.15) is 30.1 Å². The monoisotopic (exact) mass is 695 g/mol. The minimum absolute atomic E-state index is 0.106. The van der Waals surface area contributed by atoms with Crippen LogP contribution in [-0.4, -0.2) is 77.7 Å². The highest BCUT2D eigenvalue weighted by atomic mass is 32.2. The Morgan fingerprint density at radius 3 is 2.20 bits per heavy atom. The molecule has 49 heavy (non-hydrogen) atoms. The lowest BCUT2D eigenvalue weighted by molar-refractivity contribution is -0.133. The van der Waals surface area contributed by atoms with E-state index in [4.69, 9.17) is 4.74 Å². The molecule has 14 nitrogen and oxygen atoms in total. The molecule has 0 bridgehead atoms. The van der Waals surface area contributed by atoms with Crippen molar-refractivity contribution in [1.82, 2.24) is 30.6 Å². The summed E-state index contributed by atoms with van der Waals surface area (Å²) in [5.74, 6) is -2.72. The Labute approximate surface area is 286 Å². The zero-order valence-corrected chi connectivity index (χ0v) is 28.8. The van der Waals surface area contributed by atoms with Gasteiger partial charge in [-0.2, -0.15) is 0 Å². The Morgan fingerprint density at radius 1 is 0.980 bits per heavy atom. The lowest BCUT2D eigenvalue weighted by Gasteiger charge is -2.32. The van der Waals surface area contributed by atoms with Crippen molar-refractivity contribution in [1.29, 1.82) is 0 Å². The number of ether oxygens (including phenoxy) is 1. The summed E-state index contributed by atoms with van der Waals surface area (Å²) in [5, 5.41) is 10.7. The van der Waals surface area contributed by atoms with E-state index in [1.165, 1.54) is 12.4 Å². The SMILES string of the molecule is C=C[C@@H]1C[C@]1(NC(=O)[C@H](CNc1ccc(-c2cncnc2)cc1)NC(=O)[C@@H](NC(=O)OC1CCCC1)C(C)(C)C)C(=O)NS(=O)(=O)C1CC1. The number of benzene rings is 1. The van der Waals surface area contributed by atoms with Crippen molar-refractivity contribution in [2.24, 2.45) is 11.3 Å². The summed E-state index contributed by atoms with van der Waals surface area (Å²) in [6.45, 7) is 8.96. The van der Waals surface area contributed by atoms with Crippen LogP contribution in [0.2, 0.25) is 0 Å². The number of hydrogen-bond acceptors (Lipinski definition) is 10. The van der Waals surface area contributed by atoms with Crippen LogP contribution >= 0.6 is 0 Å². The molecule has 15 heteroatoms. The molecule has 5 rings (SSSR count). The van der Waals surface area contributed by atoms with Crippen LogP contribution in [0.25, 0.3) is 11.1 Å². The van der Waals surface area contributed by atoms with Crippen LogP contribution in [0, 0.1) is 11.3 Å². The largest absolute Gasteiger partial charge is 0.446 e. The van der Waals surface area contributed by atoms with Gasteiger partial charge in [0.25, 0.3) is 5.91 Å². The molecule has 0 radical (unpaired) electrons. The molecule has 0 aliphatic heterocycles. The third-order valence-corrected chi connectivity index (χ3v) is 11.0. The highest BCUT2D eigenvalue weighted by molar-refractivity contribution is 7.91. The Balaban J connectivity index is 1.33. The standard InChI is InChI=1S/C34H45N7O7S/c1-5-23-16-34(23,31(44)41-49(46,47)26-14-15-26)40-29(42)27(19-37-24-12-10-21(11-13-24)22-17-35-20-36-18-22)38-30(43)28(33(2,3)4)39-32(45)48-25-8-6-7-9-25/h5,10-13,17-18,20,23,25-28,37H,1,6-9,14-16,19H2,2-4H3,(H,38,43)(H,39,45)(H,40,42)(H,41,44)/t23-,27+,28-,34-/m1/s1. The molecule has 4 amide bonds. The second-order valence-electron chi connectivity index (χ2n) is 14.1. The number of nitrogens with one attached hydrogen (secondary N) is 5. The molecule has 3 aliphatic rings. The van der Waals surface area contributed by atoms with E-state index in [0.717, 1.165) is 36.8 Å². The maximum atomic E-state index is 13.9. The summed E-state index contributed by atoms with van der Waals surface area (Å²) in [4.78, 5) is 62.0. The highest BCUT2D eigenvalue weighted by Crippen LogP contribution is 2.45. The number of carbonyl (C=O) groups is 4. The van der Waals surface area contributed by atoms with Crippen molar-refractivity contribution >= 4 is 39.5 Å². The first kappa shape index (κ1) is 35.8. The van der Waals surface area contributed by atoms with Gasteiger partial charge in [-0.1, -0.05) is 39.0 Å². The van der Waals surface area contributed by atoms with Crippen LogP contribution in [0.5, 0.6) is 0 Å². The van der Waals surface area contributed by atoms with Gasteiger partial charge in [-0.05, 0) is 68.1 Å². The fourth-order valence-electron chi connectivity index (χ4n) is 5.92. The summed E-state index contributed by atoms with van der Waals surface area (Å²) in [5.41, 5.74) is 0.00888. The lowest BCUT2D eigenvalue weighted by Crippen LogP contribution is -2.62. The molecular formula is C34H45N7O7S. The summed E-state index contributed by atoms with van der Waals surface area (Å²) >= 11 is 0. The number of aromatic nitrogens is 2. The number of hydrogen-bond donors (Lipinski definition) is 5. The van der Waals surface area contributed by atoms with Gasteiger partial charge in [-0.25, -0.2) is 23.2 Å². The molecule has 0 spiro atoms. The van der Waals surface area contributed by atoms with Gasteiger partial charge in [0.2, 0.25) is 21.8 Å². The molecule has 2 aromatic rings. The fraction of sp³-hybridized carbons (Fsp3) is 0.529. The normalized spacial score (nSPS) is 21.8. The van der Waals surface area contributed by atoms with Crippen LogP contribution in [0.15, 0.2) is 55.6 Å². The predicted molar refractivity (Wildman–Crippen MR) is 182 cm³/mol. The van der Waals surface area contributed by atoms with Crippen LogP contribution in [-0.2, 0) is 29.1 Å². The molecule has 5 N–H and O–H groups in total. The Hall–Kier alpha value is -4.53. The number of anilines is 1. The summed E-state index contributed by atoms with van der Waals surface area (Å²) < 4.78 is 32.9. The maximum absolute atomic E-state index is 13.9. The summed E-state index contributed by atoms with van der Waals surface area (Å²) in [6.07, 6.45) is 9.89. The highest BCUT2D eigenvalue weighted by Gasteiger charge is 2.61. The van der Waals surface area contributed by atoms with E-state index in [0.29, 0.717) is 18.5 Å². The molecule has 3 fully saturated rings. The second kappa shape index (κ2) is 14.5. The van der Waals surface area contributed by atoms with Crippen molar-refractivity contribution < 1.29 is 32.3 Å². The van der Waals surface area contributed by atoms with Crippen LogP contribution in [0.1, 0.15) is 65.7 Å². The van der Waals surface area contributed by atoms with Gasteiger partial charge in [0.15, 0.2) is 0 Å². The van der Waals surface area contributed by atoms with E-state index < -0.39 is 68.0 Å². The van der Waals surface area contributed by atoms with Crippen molar-refractivity contribution in [3.63, 3.8) is 0 Å². The molecule has 3 saturated carbocycles.